The van der Waals surface area contributed by atoms with E-state index in [9.17, 15) is 4.79 Å². The number of carbonyl (C=O) groups is 1. The molecule has 0 aromatic heterocycles. The van der Waals surface area contributed by atoms with E-state index < -0.39 is 0 Å². The molecule has 3 heterocycles. The summed E-state index contributed by atoms with van der Waals surface area (Å²) in [7, 11) is 0. The predicted molar refractivity (Wildman–Crippen MR) is 118 cm³/mol. The topological polar surface area (TPSA) is 38.8 Å². The van der Waals surface area contributed by atoms with Gasteiger partial charge >= 0.3 is 6.03 Å². The fraction of sp³-hybridized carbons (Fsp3) is 0.708. The van der Waals surface area contributed by atoms with Crippen molar-refractivity contribution >= 4 is 6.03 Å². The van der Waals surface area contributed by atoms with Crippen LogP contribution in [0.3, 0.4) is 0 Å². The van der Waals surface area contributed by atoms with E-state index in [1.165, 1.54) is 69.4 Å². The summed E-state index contributed by atoms with van der Waals surface area (Å²) in [5.41, 5.74) is 2.70. The van der Waals surface area contributed by atoms with Crippen LogP contribution >= 0.6 is 0 Å². The Bertz CT molecular complexity index is 627. The first-order valence-corrected chi connectivity index (χ1v) is 11.8. The maximum absolute atomic E-state index is 12.5. The largest absolute Gasteiger partial charge is 0.338 e. The Morgan fingerprint density at radius 2 is 1.45 bits per heavy atom. The van der Waals surface area contributed by atoms with Crippen molar-refractivity contribution in [2.75, 3.05) is 45.8 Å². The van der Waals surface area contributed by atoms with E-state index in [-0.39, 0.29) is 6.03 Å². The Hall–Kier alpha value is -1.59. The third kappa shape index (κ3) is 5.95. The number of hydrogen-bond donors (Lipinski definition) is 1. The van der Waals surface area contributed by atoms with Crippen molar-refractivity contribution < 1.29 is 4.79 Å². The second-order valence-corrected chi connectivity index (χ2v) is 9.10. The smallest absolute Gasteiger partial charge is 0.317 e. The molecule has 29 heavy (non-hydrogen) atoms. The minimum Gasteiger partial charge on any atom is -0.338 e. The van der Waals surface area contributed by atoms with E-state index in [4.69, 9.17) is 0 Å². The zero-order valence-electron chi connectivity index (χ0n) is 18.0. The molecule has 1 aromatic rings. The minimum absolute atomic E-state index is 0.118. The molecule has 5 heteroatoms. The first-order chi connectivity index (χ1) is 14.3. The van der Waals surface area contributed by atoms with E-state index in [0.717, 1.165) is 45.4 Å². The summed E-state index contributed by atoms with van der Waals surface area (Å²) in [5.74, 6) is 0. The molecule has 0 aliphatic carbocycles. The van der Waals surface area contributed by atoms with Gasteiger partial charge in [-0.3, -0.25) is 4.90 Å². The zero-order chi connectivity index (χ0) is 19.9. The molecule has 3 aliphatic heterocycles. The zero-order valence-corrected chi connectivity index (χ0v) is 18.0. The average Bonchev–Trinajstić information content (AvgIpc) is 3.29. The van der Waals surface area contributed by atoms with Gasteiger partial charge in [0.25, 0.3) is 0 Å². The lowest BCUT2D eigenvalue weighted by atomic mass is 10.0. The number of nitrogens with one attached hydrogen (secondary N) is 1. The fourth-order valence-corrected chi connectivity index (χ4v) is 5.15. The SMILES string of the molecule is O=C(NCCc1ccc(CN2CCCC2)cc1)N1CCC(N2CCCCC2)CC1. The molecular formula is C24H38N4O. The molecule has 0 saturated carbocycles. The molecule has 160 valence electrons. The van der Waals surface area contributed by atoms with Crippen LogP contribution in [0.5, 0.6) is 0 Å². The molecule has 0 radical (unpaired) electrons. The van der Waals surface area contributed by atoms with Crippen LogP contribution in [0.1, 0.15) is 56.1 Å². The van der Waals surface area contributed by atoms with Gasteiger partial charge in [-0.15, -0.1) is 0 Å². The summed E-state index contributed by atoms with van der Waals surface area (Å²) in [6, 6.07) is 9.76. The monoisotopic (exact) mass is 398 g/mol. The molecule has 0 bridgehead atoms. The molecule has 3 saturated heterocycles. The van der Waals surface area contributed by atoms with E-state index in [1.54, 1.807) is 0 Å². The number of hydrogen-bond acceptors (Lipinski definition) is 3. The highest BCUT2D eigenvalue weighted by Crippen LogP contribution is 2.21. The van der Waals surface area contributed by atoms with Crippen molar-refractivity contribution in [3.8, 4) is 0 Å². The molecule has 0 spiro atoms. The Morgan fingerprint density at radius 3 is 2.14 bits per heavy atom. The number of rotatable bonds is 6. The van der Waals surface area contributed by atoms with Gasteiger partial charge in [-0.05, 0) is 82.3 Å². The number of urea groups is 1. The van der Waals surface area contributed by atoms with E-state index in [2.05, 4.69) is 39.4 Å². The second-order valence-electron chi connectivity index (χ2n) is 9.10. The number of benzene rings is 1. The lowest BCUT2D eigenvalue weighted by Crippen LogP contribution is -2.50. The van der Waals surface area contributed by atoms with Crippen molar-refractivity contribution in [2.45, 2.75) is 64.0 Å². The van der Waals surface area contributed by atoms with Gasteiger partial charge in [-0.25, -0.2) is 4.79 Å². The number of nitrogens with zero attached hydrogens (tertiary/aromatic N) is 3. The van der Waals surface area contributed by atoms with E-state index >= 15 is 0 Å². The standard InChI is InChI=1S/C24H38N4O/c29-24(28-18-11-23(12-19-28)27-16-2-1-3-17-27)25-13-10-21-6-8-22(9-7-21)20-26-14-4-5-15-26/h6-9,23H,1-5,10-20H2,(H,25,29). The van der Waals surface area contributed by atoms with Crippen LogP contribution in [0, 0.1) is 0 Å². The summed E-state index contributed by atoms with van der Waals surface area (Å²) >= 11 is 0. The predicted octanol–water partition coefficient (Wildman–Crippen LogP) is 3.48. The molecular weight excluding hydrogens is 360 g/mol. The highest BCUT2D eigenvalue weighted by molar-refractivity contribution is 5.74. The average molecular weight is 399 g/mol. The van der Waals surface area contributed by atoms with Crippen molar-refractivity contribution in [3.63, 3.8) is 0 Å². The molecule has 1 N–H and O–H groups in total. The van der Waals surface area contributed by atoms with Crippen LogP contribution in [-0.4, -0.2) is 72.6 Å². The molecule has 2 amide bonds. The van der Waals surface area contributed by atoms with E-state index in [1.807, 2.05) is 4.90 Å². The van der Waals surface area contributed by atoms with Crippen LogP contribution < -0.4 is 5.32 Å². The Kier molecular flexibility index (Phi) is 7.44. The quantitative estimate of drug-likeness (QED) is 0.797. The van der Waals surface area contributed by atoms with Gasteiger partial charge < -0.3 is 15.1 Å². The lowest BCUT2D eigenvalue weighted by molar-refractivity contribution is 0.101. The summed E-state index contributed by atoms with van der Waals surface area (Å²) in [4.78, 5) is 19.7. The summed E-state index contributed by atoms with van der Waals surface area (Å²) in [6.45, 7) is 8.59. The van der Waals surface area contributed by atoms with Gasteiger partial charge in [-0.2, -0.15) is 0 Å². The summed E-state index contributed by atoms with van der Waals surface area (Å²) < 4.78 is 0. The number of amides is 2. The van der Waals surface area contributed by atoms with Crippen molar-refractivity contribution in [1.82, 2.24) is 20.0 Å². The first kappa shape index (κ1) is 20.7. The molecule has 0 unspecified atom stereocenters. The van der Waals surface area contributed by atoms with Crippen molar-refractivity contribution in [3.05, 3.63) is 35.4 Å². The van der Waals surface area contributed by atoms with E-state index in [0.29, 0.717) is 6.04 Å². The molecule has 4 rings (SSSR count). The Balaban J connectivity index is 1.14. The highest BCUT2D eigenvalue weighted by atomic mass is 16.2. The number of carbonyl (C=O) groups excluding carboxylic acids is 1. The third-order valence-corrected chi connectivity index (χ3v) is 6.98. The molecule has 5 nitrogen and oxygen atoms in total. The summed E-state index contributed by atoms with van der Waals surface area (Å²) in [5, 5.41) is 3.13. The summed E-state index contributed by atoms with van der Waals surface area (Å²) in [6.07, 6.45) is 9.93. The number of piperidine rings is 2. The van der Waals surface area contributed by atoms with Gasteiger partial charge in [0.15, 0.2) is 0 Å². The van der Waals surface area contributed by atoms with Crippen molar-refractivity contribution in [2.24, 2.45) is 0 Å². The molecule has 1 aromatic carbocycles. The highest BCUT2D eigenvalue weighted by Gasteiger charge is 2.27. The van der Waals surface area contributed by atoms with Gasteiger partial charge in [0, 0.05) is 32.2 Å². The van der Waals surface area contributed by atoms with Crippen LogP contribution in [0.15, 0.2) is 24.3 Å². The second kappa shape index (κ2) is 10.4. The fourth-order valence-electron chi connectivity index (χ4n) is 5.15. The normalized spacial score (nSPS) is 22.1. The van der Waals surface area contributed by atoms with Crippen LogP contribution in [0.25, 0.3) is 0 Å². The van der Waals surface area contributed by atoms with Crippen LogP contribution in [-0.2, 0) is 13.0 Å². The third-order valence-electron chi connectivity index (χ3n) is 6.98. The van der Waals surface area contributed by atoms with Gasteiger partial charge in [-0.1, -0.05) is 30.7 Å². The molecule has 3 aliphatic rings. The maximum Gasteiger partial charge on any atom is 0.317 e. The maximum atomic E-state index is 12.5. The van der Waals surface area contributed by atoms with Crippen molar-refractivity contribution in [1.29, 1.82) is 0 Å². The molecule has 3 fully saturated rings. The molecule has 0 atom stereocenters. The van der Waals surface area contributed by atoms with Gasteiger partial charge in [0.2, 0.25) is 0 Å². The first-order valence-electron chi connectivity index (χ1n) is 11.8. The van der Waals surface area contributed by atoms with Crippen LogP contribution in [0.2, 0.25) is 0 Å². The lowest BCUT2D eigenvalue weighted by Gasteiger charge is -2.40. The Labute approximate surface area is 176 Å². The number of likely N-dealkylation sites (tertiary alicyclic amines) is 3. The van der Waals surface area contributed by atoms with Gasteiger partial charge in [0.05, 0.1) is 0 Å². The van der Waals surface area contributed by atoms with Crippen LogP contribution in [0.4, 0.5) is 4.79 Å². The Morgan fingerprint density at radius 1 is 0.828 bits per heavy atom. The minimum atomic E-state index is 0.118. The van der Waals surface area contributed by atoms with Gasteiger partial charge in [0.1, 0.15) is 0 Å².